The Morgan fingerprint density at radius 3 is 2.36 bits per heavy atom. The number of hydrogen-bond donors (Lipinski definition) is 0. The van der Waals surface area contributed by atoms with Crippen molar-refractivity contribution in [2.45, 2.75) is 33.1 Å². The summed E-state index contributed by atoms with van der Waals surface area (Å²) in [6.07, 6.45) is 2.91. The fourth-order valence-electron chi connectivity index (χ4n) is 3.28. The first kappa shape index (κ1) is 20.8. The van der Waals surface area contributed by atoms with Gasteiger partial charge in [-0.15, -0.1) is 0 Å². The number of carbonyl (C=O) groups excluding carboxylic acids is 2. The summed E-state index contributed by atoms with van der Waals surface area (Å²) < 4.78 is 11.2. The summed E-state index contributed by atoms with van der Waals surface area (Å²) in [6.45, 7) is 7.03. The summed E-state index contributed by atoms with van der Waals surface area (Å²) in [5.41, 5.74) is 0.472. The summed E-state index contributed by atoms with van der Waals surface area (Å²) in [5, 5.41) is 0.369. The van der Waals surface area contributed by atoms with E-state index in [0.29, 0.717) is 60.8 Å². The van der Waals surface area contributed by atoms with Gasteiger partial charge in [0.2, 0.25) is 5.91 Å². The summed E-state index contributed by atoms with van der Waals surface area (Å²) in [5.74, 6) is 1.81. The van der Waals surface area contributed by atoms with Crippen LogP contribution < -0.4 is 9.47 Å². The van der Waals surface area contributed by atoms with Crippen LogP contribution in [-0.2, 0) is 4.79 Å². The van der Waals surface area contributed by atoms with E-state index < -0.39 is 0 Å². The molecule has 154 valence electrons. The van der Waals surface area contributed by atoms with E-state index in [4.69, 9.17) is 21.1 Å². The second-order valence-electron chi connectivity index (χ2n) is 7.91. The average molecular weight is 409 g/mol. The number of ether oxygens (including phenoxy) is 2. The Hall–Kier alpha value is -1.95. The third kappa shape index (κ3) is 4.90. The van der Waals surface area contributed by atoms with Gasteiger partial charge in [0, 0.05) is 37.7 Å². The molecule has 2 amide bonds. The number of benzene rings is 1. The number of amides is 2. The number of nitrogens with zero attached hydrogens (tertiary/aromatic N) is 2. The highest BCUT2D eigenvalue weighted by Gasteiger charge is 2.35. The maximum absolute atomic E-state index is 12.9. The highest BCUT2D eigenvalue weighted by molar-refractivity contribution is 6.32. The Bertz CT molecular complexity index is 725. The van der Waals surface area contributed by atoms with E-state index in [-0.39, 0.29) is 17.7 Å². The SMILES string of the molecule is COc1cc(C(=O)N2CCN(C(=O)C3CC3)CC2)cc(Cl)c1OCCC(C)C. The zero-order valence-corrected chi connectivity index (χ0v) is 17.6. The van der Waals surface area contributed by atoms with Crippen LogP contribution >= 0.6 is 11.6 Å². The molecule has 0 N–H and O–H groups in total. The van der Waals surface area contributed by atoms with Gasteiger partial charge in [-0.25, -0.2) is 0 Å². The molecule has 1 aromatic carbocycles. The molecule has 6 nitrogen and oxygen atoms in total. The second-order valence-corrected chi connectivity index (χ2v) is 8.32. The molecule has 7 heteroatoms. The van der Waals surface area contributed by atoms with Crippen LogP contribution in [0.15, 0.2) is 12.1 Å². The Kier molecular flexibility index (Phi) is 6.70. The topological polar surface area (TPSA) is 59.1 Å². The molecule has 1 heterocycles. The first-order valence-corrected chi connectivity index (χ1v) is 10.4. The fourth-order valence-corrected chi connectivity index (χ4v) is 3.55. The molecule has 1 saturated heterocycles. The molecule has 1 saturated carbocycles. The van der Waals surface area contributed by atoms with E-state index in [9.17, 15) is 9.59 Å². The lowest BCUT2D eigenvalue weighted by atomic mass is 10.1. The quantitative estimate of drug-likeness (QED) is 0.693. The van der Waals surface area contributed by atoms with Gasteiger partial charge in [0.25, 0.3) is 5.91 Å². The number of piperazine rings is 1. The van der Waals surface area contributed by atoms with Crippen molar-refractivity contribution in [3.63, 3.8) is 0 Å². The van der Waals surface area contributed by atoms with Gasteiger partial charge in [0.15, 0.2) is 11.5 Å². The molecule has 0 bridgehead atoms. The molecule has 0 atom stereocenters. The molecule has 28 heavy (non-hydrogen) atoms. The van der Waals surface area contributed by atoms with Crippen LogP contribution in [0.2, 0.25) is 5.02 Å². The molecular formula is C21H29ClN2O4. The summed E-state index contributed by atoms with van der Waals surface area (Å²) in [7, 11) is 1.54. The van der Waals surface area contributed by atoms with Crippen molar-refractivity contribution in [1.29, 1.82) is 0 Å². The minimum Gasteiger partial charge on any atom is -0.493 e. The van der Waals surface area contributed by atoms with E-state index in [1.807, 2.05) is 4.90 Å². The van der Waals surface area contributed by atoms with Gasteiger partial charge >= 0.3 is 0 Å². The van der Waals surface area contributed by atoms with Crippen LogP contribution in [0.25, 0.3) is 0 Å². The molecule has 0 unspecified atom stereocenters. The van der Waals surface area contributed by atoms with E-state index in [1.54, 1.807) is 17.0 Å². The highest BCUT2D eigenvalue weighted by Crippen LogP contribution is 2.37. The van der Waals surface area contributed by atoms with Gasteiger partial charge in [-0.3, -0.25) is 9.59 Å². The van der Waals surface area contributed by atoms with Gasteiger partial charge in [0.05, 0.1) is 18.7 Å². The Labute approximate surface area is 171 Å². The molecule has 1 aromatic rings. The average Bonchev–Trinajstić information content (AvgIpc) is 3.53. The number of hydrogen-bond acceptors (Lipinski definition) is 4. The Morgan fingerprint density at radius 1 is 1.14 bits per heavy atom. The number of rotatable bonds is 7. The third-order valence-electron chi connectivity index (χ3n) is 5.22. The number of methoxy groups -OCH3 is 1. The van der Waals surface area contributed by atoms with Gasteiger partial charge in [0.1, 0.15) is 0 Å². The maximum atomic E-state index is 12.9. The van der Waals surface area contributed by atoms with Crippen molar-refractivity contribution >= 4 is 23.4 Å². The molecule has 2 fully saturated rings. The standard InChI is InChI=1S/C21H29ClN2O4/c1-14(2)6-11-28-19-17(22)12-16(13-18(19)27-3)21(26)24-9-7-23(8-10-24)20(25)15-4-5-15/h12-15H,4-11H2,1-3H3. The lowest BCUT2D eigenvalue weighted by Crippen LogP contribution is -2.51. The summed E-state index contributed by atoms with van der Waals surface area (Å²) in [6, 6.07) is 3.32. The van der Waals surface area contributed by atoms with Crippen molar-refractivity contribution in [3.8, 4) is 11.5 Å². The van der Waals surface area contributed by atoms with Crippen LogP contribution in [0.5, 0.6) is 11.5 Å². The first-order valence-electron chi connectivity index (χ1n) is 9.99. The normalized spacial score (nSPS) is 17.0. The zero-order valence-electron chi connectivity index (χ0n) is 16.9. The van der Waals surface area contributed by atoms with E-state index in [2.05, 4.69) is 13.8 Å². The lowest BCUT2D eigenvalue weighted by Gasteiger charge is -2.35. The predicted molar refractivity (Wildman–Crippen MR) is 108 cm³/mol. The molecule has 2 aliphatic rings. The molecule has 0 radical (unpaired) electrons. The van der Waals surface area contributed by atoms with Crippen LogP contribution in [0, 0.1) is 11.8 Å². The Morgan fingerprint density at radius 2 is 1.79 bits per heavy atom. The van der Waals surface area contributed by atoms with Crippen molar-refractivity contribution in [2.75, 3.05) is 39.9 Å². The van der Waals surface area contributed by atoms with Crippen LogP contribution in [-0.4, -0.2) is 61.5 Å². The molecular weight excluding hydrogens is 380 g/mol. The van der Waals surface area contributed by atoms with Gasteiger partial charge in [-0.1, -0.05) is 25.4 Å². The highest BCUT2D eigenvalue weighted by atomic mass is 35.5. The van der Waals surface area contributed by atoms with Gasteiger partial charge < -0.3 is 19.3 Å². The molecule has 1 aliphatic heterocycles. The summed E-state index contributed by atoms with van der Waals surface area (Å²) >= 11 is 6.39. The molecule has 3 rings (SSSR count). The van der Waals surface area contributed by atoms with Gasteiger partial charge in [-0.2, -0.15) is 0 Å². The smallest absolute Gasteiger partial charge is 0.254 e. The van der Waals surface area contributed by atoms with Crippen LogP contribution in [0.4, 0.5) is 0 Å². The third-order valence-corrected chi connectivity index (χ3v) is 5.50. The fraction of sp³-hybridized carbons (Fsp3) is 0.619. The monoisotopic (exact) mass is 408 g/mol. The van der Waals surface area contributed by atoms with Crippen molar-refractivity contribution in [2.24, 2.45) is 11.8 Å². The van der Waals surface area contributed by atoms with Crippen molar-refractivity contribution < 1.29 is 19.1 Å². The van der Waals surface area contributed by atoms with E-state index >= 15 is 0 Å². The van der Waals surface area contributed by atoms with Crippen LogP contribution in [0.3, 0.4) is 0 Å². The molecule has 1 aliphatic carbocycles. The van der Waals surface area contributed by atoms with Gasteiger partial charge in [-0.05, 0) is 37.3 Å². The summed E-state index contributed by atoms with van der Waals surface area (Å²) in [4.78, 5) is 28.7. The minimum absolute atomic E-state index is 0.104. The van der Waals surface area contributed by atoms with E-state index in [0.717, 1.165) is 19.3 Å². The van der Waals surface area contributed by atoms with Crippen molar-refractivity contribution in [3.05, 3.63) is 22.7 Å². The predicted octanol–water partition coefficient (Wildman–Crippen LogP) is 3.47. The van der Waals surface area contributed by atoms with Crippen molar-refractivity contribution in [1.82, 2.24) is 9.80 Å². The largest absolute Gasteiger partial charge is 0.493 e. The van der Waals surface area contributed by atoms with Crippen LogP contribution in [0.1, 0.15) is 43.5 Å². The zero-order chi connectivity index (χ0) is 20.3. The first-order chi connectivity index (χ1) is 13.4. The van der Waals surface area contributed by atoms with E-state index in [1.165, 1.54) is 7.11 Å². The minimum atomic E-state index is -0.104. The molecule has 0 aromatic heterocycles. The Balaban J connectivity index is 1.64. The number of halogens is 1. The lowest BCUT2D eigenvalue weighted by molar-refractivity contribution is -0.134. The second kappa shape index (κ2) is 9.03. The maximum Gasteiger partial charge on any atom is 0.254 e. The number of carbonyl (C=O) groups is 2. The molecule has 0 spiro atoms.